The Kier molecular flexibility index (Phi) is 4.54. The molecule has 0 spiro atoms. The fraction of sp³-hybridized carbons (Fsp3) is 0.571. The maximum absolute atomic E-state index is 13.3. The molecule has 2 rings (SSSR count). The summed E-state index contributed by atoms with van der Waals surface area (Å²) in [5.41, 5.74) is 0.261. The molecule has 1 aliphatic heterocycles. The van der Waals surface area contributed by atoms with Crippen molar-refractivity contribution in [2.24, 2.45) is 5.92 Å². The molecule has 20 heavy (non-hydrogen) atoms. The lowest BCUT2D eigenvalue weighted by Crippen LogP contribution is -2.46. The van der Waals surface area contributed by atoms with Crippen LogP contribution in [-0.2, 0) is 4.74 Å². The third-order valence-electron chi connectivity index (χ3n) is 3.80. The molecule has 2 heterocycles. The van der Waals surface area contributed by atoms with Gasteiger partial charge in [-0.2, -0.15) is 0 Å². The number of ether oxygens (including phenoxy) is 1. The first-order chi connectivity index (χ1) is 9.56. The standard InChI is InChI=1S/C14H20FN3O2/c1-9-4-5-18(8-12(9)20-3)14(19)11-6-10(15)7-17-13(11)16-2/h6-7,9,12H,4-5,8H2,1-3H3,(H,16,17). The third kappa shape index (κ3) is 2.90. The summed E-state index contributed by atoms with van der Waals surface area (Å²) in [6.45, 7) is 3.29. The van der Waals surface area contributed by atoms with Crippen molar-refractivity contribution >= 4 is 11.7 Å². The van der Waals surface area contributed by atoms with Gasteiger partial charge in [0.2, 0.25) is 0 Å². The van der Waals surface area contributed by atoms with E-state index >= 15 is 0 Å². The Hall–Kier alpha value is -1.69. The molecule has 2 unspecified atom stereocenters. The Morgan fingerprint density at radius 2 is 2.35 bits per heavy atom. The number of piperidine rings is 1. The molecular formula is C14H20FN3O2. The van der Waals surface area contributed by atoms with E-state index in [1.165, 1.54) is 6.07 Å². The van der Waals surface area contributed by atoms with Crippen molar-refractivity contribution in [2.45, 2.75) is 19.4 Å². The Morgan fingerprint density at radius 1 is 1.60 bits per heavy atom. The van der Waals surface area contributed by atoms with E-state index in [1.54, 1.807) is 19.1 Å². The number of rotatable bonds is 3. The van der Waals surface area contributed by atoms with Crippen molar-refractivity contribution in [3.8, 4) is 0 Å². The number of carbonyl (C=O) groups is 1. The highest BCUT2D eigenvalue weighted by Gasteiger charge is 2.30. The van der Waals surface area contributed by atoms with Crippen molar-refractivity contribution in [3.63, 3.8) is 0 Å². The van der Waals surface area contributed by atoms with Gasteiger partial charge in [-0.05, 0) is 18.4 Å². The van der Waals surface area contributed by atoms with E-state index in [1.807, 2.05) is 0 Å². The number of pyridine rings is 1. The van der Waals surface area contributed by atoms with Crippen LogP contribution < -0.4 is 5.32 Å². The van der Waals surface area contributed by atoms with Crippen LogP contribution in [-0.4, -0.2) is 49.1 Å². The Labute approximate surface area is 118 Å². The van der Waals surface area contributed by atoms with Crippen LogP contribution in [0.5, 0.6) is 0 Å². The van der Waals surface area contributed by atoms with Crippen LogP contribution in [0.2, 0.25) is 0 Å². The first kappa shape index (κ1) is 14.7. The van der Waals surface area contributed by atoms with E-state index in [0.717, 1.165) is 12.6 Å². The summed E-state index contributed by atoms with van der Waals surface area (Å²) in [6, 6.07) is 1.22. The monoisotopic (exact) mass is 281 g/mol. The predicted octanol–water partition coefficient (Wildman–Crippen LogP) is 1.76. The van der Waals surface area contributed by atoms with Gasteiger partial charge in [0.1, 0.15) is 11.6 Å². The molecule has 5 nitrogen and oxygen atoms in total. The lowest BCUT2D eigenvalue weighted by Gasteiger charge is -2.36. The smallest absolute Gasteiger partial charge is 0.257 e. The van der Waals surface area contributed by atoms with Crippen LogP contribution in [0.3, 0.4) is 0 Å². The van der Waals surface area contributed by atoms with Crippen LogP contribution in [0.15, 0.2) is 12.3 Å². The van der Waals surface area contributed by atoms with E-state index in [9.17, 15) is 9.18 Å². The molecule has 1 amide bonds. The number of anilines is 1. The topological polar surface area (TPSA) is 54.5 Å². The second kappa shape index (κ2) is 6.17. The molecule has 0 bridgehead atoms. The average molecular weight is 281 g/mol. The minimum absolute atomic E-state index is 0.0206. The number of hydrogen-bond acceptors (Lipinski definition) is 4. The van der Waals surface area contributed by atoms with Crippen molar-refractivity contribution < 1.29 is 13.9 Å². The van der Waals surface area contributed by atoms with Crippen molar-refractivity contribution in [1.29, 1.82) is 0 Å². The van der Waals surface area contributed by atoms with Gasteiger partial charge in [-0.3, -0.25) is 4.79 Å². The number of methoxy groups -OCH3 is 1. The first-order valence-corrected chi connectivity index (χ1v) is 6.72. The van der Waals surface area contributed by atoms with Gasteiger partial charge in [-0.15, -0.1) is 0 Å². The number of nitrogens with zero attached hydrogens (tertiary/aromatic N) is 2. The fourth-order valence-electron chi connectivity index (χ4n) is 2.50. The molecule has 0 aliphatic carbocycles. The van der Waals surface area contributed by atoms with Gasteiger partial charge in [-0.25, -0.2) is 9.37 Å². The lowest BCUT2D eigenvalue weighted by molar-refractivity contribution is -0.00155. The van der Waals surface area contributed by atoms with Crippen LogP contribution in [0.25, 0.3) is 0 Å². The zero-order chi connectivity index (χ0) is 14.7. The number of halogens is 1. The summed E-state index contributed by atoms with van der Waals surface area (Å²) in [5.74, 6) is 0.0822. The van der Waals surface area contributed by atoms with Crippen LogP contribution in [0.4, 0.5) is 10.2 Å². The summed E-state index contributed by atoms with van der Waals surface area (Å²) in [6.07, 6.45) is 1.99. The molecule has 1 aliphatic rings. The highest BCUT2D eigenvalue weighted by atomic mass is 19.1. The zero-order valence-electron chi connectivity index (χ0n) is 12.0. The summed E-state index contributed by atoms with van der Waals surface area (Å²) in [7, 11) is 3.31. The highest BCUT2D eigenvalue weighted by molar-refractivity contribution is 5.98. The van der Waals surface area contributed by atoms with Crippen LogP contribution in [0, 0.1) is 11.7 Å². The van der Waals surface area contributed by atoms with E-state index in [-0.39, 0.29) is 17.6 Å². The molecule has 110 valence electrons. The Morgan fingerprint density at radius 3 is 3.00 bits per heavy atom. The second-order valence-corrected chi connectivity index (χ2v) is 5.09. The highest BCUT2D eigenvalue weighted by Crippen LogP contribution is 2.23. The molecule has 0 aromatic carbocycles. The normalized spacial score (nSPS) is 22.7. The van der Waals surface area contributed by atoms with Crippen molar-refractivity contribution in [3.05, 3.63) is 23.6 Å². The minimum atomic E-state index is -0.513. The predicted molar refractivity (Wildman–Crippen MR) is 74.2 cm³/mol. The summed E-state index contributed by atoms with van der Waals surface area (Å²) in [5, 5.41) is 2.82. The number of amides is 1. The minimum Gasteiger partial charge on any atom is -0.379 e. The van der Waals surface area contributed by atoms with Crippen molar-refractivity contribution in [1.82, 2.24) is 9.88 Å². The number of nitrogens with one attached hydrogen (secondary N) is 1. The number of hydrogen-bond donors (Lipinski definition) is 1. The Balaban J connectivity index is 2.21. The zero-order valence-corrected chi connectivity index (χ0v) is 12.0. The second-order valence-electron chi connectivity index (χ2n) is 5.09. The summed E-state index contributed by atoms with van der Waals surface area (Å²) in [4.78, 5) is 18.1. The SMILES string of the molecule is CNc1ncc(F)cc1C(=O)N1CCC(C)C(OC)C1. The van der Waals surface area contributed by atoms with Crippen LogP contribution in [0.1, 0.15) is 23.7 Å². The molecule has 0 saturated carbocycles. The van der Waals surface area contributed by atoms with Gasteiger partial charge in [-0.1, -0.05) is 6.92 Å². The molecule has 1 aromatic heterocycles. The van der Waals surface area contributed by atoms with E-state index in [4.69, 9.17) is 4.74 Å². The van der Waals surface area contributed by atoms with Gasteiger partial charge >= 0.3 is 0 Å². The van der Waals surface area contributed by atoms with E-state index in [0.29, 0.717) is 24.8 Å². The molecule has 1 N–H and O–H groups in total. The first-order valence-electron chi connectivity index (χ1n) is 6.72. The third-order valence-corrected chi connectivity index (χ3v) is 3.80. The average Bonchev–Trinajstić information content (AvgIpc) is 2.47. The molecule has 1 fully saturated rings. The summed E-state index contributed by atoms with van der Waals surface area (Å²) >= 11 is 0. The quantitative estimate of drug-likeness (QED) is 0.917. The van der Waals surface area contributed by atoms with E-state index < -0.39 is 5.82 Å². The molecule has 6 heteroatoms. The van der Waals surface area contributed by atoms with Gasteiger partial charge in [0.05, 0.1) is 17.9 Å². The van der Waals surface area contributed by atoms with Crippen LogP contribution >= 0.6 is 0 Å². The number of aromatic nitrogens is 1. The van der Waals surface area contributed by atoms with Gasteiger partial charge in [0.25, 0.3) is 5.91 Å². The largest absolute Gasteiger partial charge is 0.379 e. The molecule has 0 radical (unpaired) electrons. The Bertz CT molecular complexity index is 495. The van der Waals surface area contributed by atoms with Gasteiger partial charge < -0.3 is 15.0 Å². The fourth-order valence-corrected chi connectivity index (χ4v) is 2.50. The maximum atomic E-state index is 13.3. The van der Waals surface area contributed by atoms with Gasteiger partial charge in [0.15, 0.2) is 0 Å². The van der Waals surface area contributed by atoms with Gasteiger partial charge in [0, 0.05) is 27.2 Å². The van der Waals surface area contributed by atoms with E-state index in [2.05, 4.69) is 17.2 Å². The summed E-state index contributed by atoms with van der Waals surface area (Å²) < 4.78 is 18.7. The van der Waals surface area contributed by atoms with Crippen molar-refractivity contribution in [2.75, 3.05) is 32.6 Å². The number of likely N-dealkylation sites (tertiary alicyclic amines) is 1. The molecule has 1 aromatic rings. The molecular weight excluding hydrogens is 261 g/mol. The molecule has 1 saturated heterocycles. The lowest BCUT2D eigenvalue weighted by atomic mass is 9.95. The molecule has 2 atom stereocenters. The maximum Gasteiger partial charge on any atom is 0.257 e. The number of carbonyl (C=O) groups excluding carboxylic acids is 1.